The average molecular weight is 345 g/mol. The Balaban J connectivity index is 1.69. The van der Waals surface area contributed by atoms with E-state index in [4.69, 9.17) is 0 Å². The van der Waals surface area contributed by atoms with E-state index in [1.54, 1.807) is 36.1 Å². The summed E-state index contributed by atoms with van der Waals surface area (Å²) in [5.41, 5.74) is 0.644. The van der Waals surface area contributed by atoms with Crippen molar-refractivity contribution >= 4 is 23.8 Å². The number of amides is 4. The minimum absolute atomic E-state index is 0.306. The van der Waals surface area contributed by atoms with Crippen molar-refractivity contribution in [2.75, 3.05) is 33.3 Å². The molecule has 1 unspecified atom stereocenters. The van der Waals surface area contributed by atoms with E-state index in [0.717, 1.165) is 4.90 Å². The first-order valence-corrected chi connectivity index (χ1v) is 8.04. The minimum atomic E-state index is -0.892. The van der Waals surface area contributed by atoms with Gasteiger partial charge in [0.15, 0.2) is 0 Å². The third-order valence-electron chi connectivity index (χ3n) is 4.59. The number of ether oxygens (including phenoxy) is 1. The Morgan fingerprint density at radius 3 is 1.92 bits per heavy atom. The fourth-order valence-corrected chi connectivity index (χ4v) is 3.17. The predicted molar refractivity (Wildman–Crippen MR) is 87.0 cm³/mol. The Bertz CT molecular complexity index is 705. The van der Waals surface area contributed by atoms with Crippen molar-refractivity contribution in [1.82, 2.24) is 14.7 Å². The van der Waals surface area contributed by atoms with Gasteiger partial charge in [-0.1, -0.05) is 12.1 Å². The molecule has 2 heterocycles. The van der Waals surface area contributed by atoms with Gasteiger partial charge < -0.3 is 14.5 Å². The largest absolute Gasteiger partial charge is 0.453 e. The Morgan fingerprint density at radius 2 is 1.44 bits per heavy atom. The number of hydrogen-bond donors (Lipinski definition) is 0. The maximum absolute atomic E-state index is 12.7. The highest BCUT2D eigenvalue weighted by Crippen LogP contribution is 2.25. The zero-order valence-electron chi connectivity index (χ0n) is 14.1. The third-order valence-corrected chi connectivity index (χ3v) is 4.59. The molecule has 2 aliphatic rings. The van der Waals surface area contributed by atoms with E-state index in [9.17, 15) is 19.2 Å². The summed E-state index contributed by atoms with van der Waals surface area (Å²) in [6, 6.07) is 5.65. The maximum atomic E-state index is 12.7. The van der Waals surface area contributed by atoms with Gasteiger partial charge in [0.05, 0.1) is 18.2 Å². The molecule has 1 saturated heterocycles. The van der Waals surface area contributed by atoms with E-state index in [0.29, 0.717) is 37.3 Å². The summed E-state index contributed by atoms with van der Waals surface area (Å²) >= 11 is 0. The van der Waals surface area contributed by atoms with Crippen molar-refractivity contribution in [3.8, 4) is 0 Å². The first-order chi connectivity index (χ1) is 12.0. The lowest BCUT2D eigenvalue weighted by Gasteiger charge is -2.36. The molecule has 8 heteroatoms. The van der Waals surface area contributed by atoms with Crippen LogP contribution in [0.15, 0.2) is 24.3 Å². The summed E-state index contributed by atoms with van der Waals surface area (Å²) in [5.74, 6) is -1.21. The second-order valence-electron chi connectivity index (χ2n) is 5.98. The smallest absolute Gasteiger partial charge is 0.409 e. The molecule has 8 nitrogen and oxygen atoms in total. The minimum Gasteiger partial charge on any atom is -0.453 e. The van der Waals surface area contributed by atoms with E-state index in [2.05, 4.69) is 4.74 Å². The number of piperazine rings is 1. The third kappa shape index (κ3) is 2.84. The van der Waals surface area contributed by atoms with Crippen molar-refractivity contribution in [3.05, 3.63) is 35.4 Å². The van der Waals surface area contributed by atoms with E-state index < -0.39 is 23.9 Å². The molecule has 0 N–H and O–H groups in total. The van der Waals surface area contributed by atoms with Crippen LogP contribution in [0.1, 0.15) is 27.6 Å². The quantitative estimate of drug-likeness (QED) is 0.732. The lowest BCUT2D eigenvalue weighted by Crippen LogP contribution is -2.56. The van der Waals surface area contributed by atoms with Gasteiger partial charge in [-0.3, -0.25) is 19.3 Å². The highest BCUT2D eigenvalue weighted by atomic mass is 16.5. The highest BCUT2D eigenvalue weighted by molar-refractivity contribution is 6.22. The molecule has 1 fully saturated rings. The molecule has 0 bridgehead atoms. The van der Waals surface area contributed by atoms with Crippen LogP contribution in [0.2, 0.25) is 0 Å². The molecule has 0 aliphatic carbocycles. The Labute approximate surface area is 144 Å². The molecule has 1 aromatic carbocycles. The van der Waals surface area contributed by atoms with Crippen LogP contribution in [-0.2, 0) is 9.53 Å². The monoisotopic (exact) mass is 345 g/mol. The summed E-state index contributed by atoms with van der Waals surface area (Å²) in [6.45, 7) is 2.93. The molecule has 1 aromatic rings. The number of fused-ring (bicyclic) bond motifs is 1. The van der Waals surface area contributed by atoms with Gasteiger partial charge in [-0.25, -0.2) is 4.79 Å². The van der Waals surface area contributed by atoms with Crippen LogP contribution >= 0.6 is 0 Å². The molecule has 132 valence electrons. The van der Waals surface area contributed by atoms with Crippen LogP contribution in [0.3, 0.4) is 0 Å². The van der Waals surface area contributed by atoms with Crippen molar-refractivity contribution in [3.63, 3.8) is 0 Å². The molecule has 0 saturated carbocycles. The highest BCUT2D eigenvalue weighted by Gasteiger charge is 2.42. The number of benzene rings is 1. The summed E-state index contributed by atoms with van der Waals surface area (Å²) in [6.07, 6.45) is -0.430. The first kappa shape index (κ1) is 16.9. The standard InChI is InChI=1S/C17H19N3O5/c1-11(14(21)18-7-9-19(10-8-18)17(24)25-2)20-15(22)12-5-3-4-6-13(12)16(20)23/h3-6,11H,7-10H2,1-2H3. The zero-order chi connectivity index (χ0) is 18.1. The van der Waals surface area contributed by atoms with Crippen molar-refractivity contribution in [2.45, 2.75) is 13.0 Å². The van der Waals surface area contributed by atoms with Gasteiger partial charge in [-0.05, 0) is 19.1 Å². The van der Waals surface area contributed by atoms with Crippen molar-refractivity contribution in [1.29, 1.82) is 0 Å². The first-order valence-electron chi connectivity index (χ1n) is 8.04. The second-order valence-corrected chi connectivity index (χ2v) is 5.98. The predicted octanol–water partition coefficient (Wildman–Crippen LogP) is 0.582. The lowest BCUT2D eigenvalue weighted by molar-refractivity contribution is -0.136. The van der Waals surface area contributed by atoms with E-state index in [1.807, 2.05) is 0 Å². The molecule has 1 atom stereocenters. The molecule has 0 radical (unpaired) electrons. The average Bonchev–Trinajstić information content (AvgIpc) is 2.91. The number of carbonyl (C=O) groups is 4. The fourth-order valence-electron chi connectivity index (χ4n) is 3.17. The number of imide groups is 1. The summed E-state index contributed by atoms with van der Waals surface area (Å²) in [5, 5.41) is 0. The maximum Gasteiger partial charge on any atom is 0.409 e. The van der Waals surface area contributed by atoms with Crippen LogP contribution in [0.4, 0.5) is 4.79 Å². The Kier molecular flexibility index (Phi) is 4.43. The number of carbonyl (C=O) groups excluding carboxylic acids is 4. The van der Waals surface area contributed by atoms with Crippen LogP contribution < -0.4 is 0 Å². The van der Waals surface area contributed by atoms with Gasteiger partial charge >= 0.3 is 6.09 Å². The van der Waals surface area contributed by atoms with E-state index >= 15 is 0 Å². The van der Waals surface area contributed by atoms with Crippen molar-refractivity contribution < 1.29 is 23.9 Å². The second kappa shape index (κ2) is 6.54. The molecular formula is C17H19N3O5. The lowest BCUT2D eigenvalue weighted by atomic mass is 10.1. The van der Waals surface area contributed by atoms with Gasteiger partial charge in [0.1, 0.15) is 6.04 Å². The fraction of sp³-hybridized carbons (Fsp3) is 0.412. The molecule has 3 rings (SSSR count). The van der Waals surface area contributed by atoms with Gasteiger partial charge in [-0.15, -0.1) is 0 Å². The van der Waals surface area contributed by atoms with Crippen LogP contribution in [0.25, 0.3) is 0 Å². The molecule has 0 aromatic heterocycles. The van der Waals surface area contributed by atoms with E-state index in [-0.39, 0.29) is 5.91 Å². The number of rotatable bonds is 2. The molecular weight excluding hydrogens is 326 g/mol. The normalized spacial score (nSPS) is 18.2. The molecule has 4 amide bonds. The van der Waals surface area contributed by atoms with Gasteiger partial charge in [0, 0.05) is 26.2 Å². The van der Waals surface area contributed by atoms with Crippen LogP contribution in [0.5, 0.6) is 0 Å². The Hall–Kier alpha value is -2.90. The van der Waals surface area contributed by atoms with Crippen LogP contribution in [-0.4, -0.2) is 77.8 Å². The van der Waals surface area contributed by atoms with Crippen LogP contribution in [0, 0.1) is 0 Å². The SMILES string of the molecule is COC(=O)N1CCN(C(=O)C(C)N2C(=O)c3ccccc3C2=O)CC1. The summed E-state index contributed by atoms with van der Waals surface area (Å²) < 4.78 is 4.66. The number of nitrogens with zero attached hydrogens (tertiary/aromatic N) is 3. The zero-order valence-corrected chi connectivity index (χ0v) is 14.1. The Morgan fingerprint density at radius 1 is 0.960 bits per heavy atom. The van der Waals surface area contributed by atoms with Gasteiger partial charge in [-0.2, -0.15) is 0 Å². The van der Waals surface area contributed by atoms with Gasteiger partial charge in [0.2, 0.25) is 5.91 Å². The summed E-state index contributed by atoms with van der Waals surface area (Å²) in [4.78, 5) is 53.3. The summed E-state index contributed by atoms with van der Waals surface area (Å²) in [7, 11) is 1.31. The number of methoxy groups -OCH3 is 1. The number of hydrogen-bond acceptors (Lipinski definition) is 5. The molecule has 2 aliphatic heterocycles. The van der Waals surface area contributed by atoms with E-state index in [1.165, 1.54) is 12.0 Å². The molecule has 25 heavy (non-hydrogen) atoms. The molecule has 0 spiro atoms. The van der Waals surface area contributed by atoms with Gasteiger partial charge in [0.25, 0.3) is 11.8 Å². The van der Waals surface area contributed by atoms with Crippen molar-refractivity contribution in [2.24, 2.45) is 0 Å². The topological polar surface area (TPSA) is 87.2 Å².